The molecule has 232 valence electrons. The molecule has 50 heavy (non-hydrogen) atoms. The Morgan fingerprint density at radius 1 is 0.280 bits per heavy atom. The molecule has 0 saturated carbocycles. The molecule has 0 amide bonds. The van der Waals surface area contributed by atoms with Gasteiger partial charge in [-0.1, -0.05) is 133 Å². The molecule has 2 heteroatoms. The van der Waals surface area contributed by atoms with Gasteiger partial charge in [0.2, 0.25) is 0 Å². The van der Waals surface area contributed by atoms with Gasteiger partial charge in [-0.3, -0.25) is 0 Å². The summed E-state index contributed by atoms with van der Waals surface area (Å²) in [6.07, 6.45) is 0. The van der Waals surface area contributed by atoms with E-state index in [9.17, 15) is 0 Å². The molecular weight excluding hydrogens is 641 g/mol. The Morgan fingerprint density at radius 3 is 1.60 bits per heavy atom. The van der Waals surface area contributed by atoms with Gasteiger partial charge in [0.05, 0.1) is 0 Å². The normalized spacial score (nSPS) is 12.0. The molecule has 2 aromatic heterocycles. The molecule has 0 fully saturated rings. The maximum absolute atomic E-state index is 2.43. The van der Waals surface area contributed by atoms with Gasteiger partial charge >= 0.3 is 0 Å². The minimum absolute atomic E-state index is 1.24. The van der Waals surface area contributed by atoms with Gasteiger partial charge < -0.3 is 0 Å². The molecule has 0 N–H and O–H groups in total. The zero-order valence-electron chi connectivity index (χ0n) is 27.0. The van der Waals surface area contributed by atoms with Crippen LogP contribution in [0.5, 0.6) is 0 Å². The number of hydrogen-bond acceptors (Lipinski definition) is 2. The maximum Gasteiger partial charge on any atom is 0.0448 e. The van der Waals surface area contributed by atoms with Gasteiger partial charge in [0.15, 0.2) is 0 Å². The summed E-state index contributed by atoms with van der Waals surface area (Å²) in [5.41, 5.74) is 7.56. The third-order valence-corrected chi connectivity index (χ3v) is 12.8. The SMILES string of the molecule is c1cc(-c2ccc3sc4ccc5c6ccccc6sc5c4c3c2)cc(-c2c3ccccc3c(-c3ccc4ccccc4c3)c3ccccc23)c1. The van der Waals surface area contributed by atoms with Gasteiger partial charge in [0.25, 0.3) is 0 Å². The largest absolute Gasteiger partial charge is 0.135 e. The predicted octanol–water partition coefficient (Wildman–Crippen LogP) is 14.9. The smallest absolute Gasteiger partial charge is 0.0448 e. The lowest BCUT2D eigenvalue weighted by Gasteiger charge is -2.18. The summed E-state index contributed by atoms with van der Waals surface area (Å²) < 4.78 is 5.44. The molecule has 0 unspecified atom stereocenters. The lowest BCUT2D eigenvalue weighted by atomic mass is 9.85. The van der Waals surface area contributed by atoms with Crippen LogP contribution in [0.2, 0.25) is 0 Å². The third kappa shape index (κ3) is 4.16. The van der Waals surface area contributed by atoms with E-state index in [0.717, 1.165) is 0 Å². The minimum atomic E-state index is 1.24. The van der Waals surface area contributed by atoms with Gasteiger partial charge in [-0.25, -0.2) is 0 Å². The molecule has 0 nitrogen and oxygen atoms in total. The van der Waals surface area contributed by atoms with E-state index < -0.39 is 0 Å². The summed E-state index contributed by atoms with van der Waals surface area (Å²) in [4.78, 5) is 0. The fourth-order valence-corrected chi connectivity index (χ4v) is 10.6. The van der Waals surface area contributed by atoms with Crippen molar-refractivity contribution in [2.45, 2.75) is 0 Å². The van der Waals surface area contributed by atoms with Crippen LogP contribution in [0.15, 0.2) is 170 Å². The number of hydrogen-bond donors (Lipinski definition) is 0. The van der Waals surface area contributed by atoms with Crippen molar-refractivity contribution >= 4 is 95.3 Å². The van der Waals surface area contributed by atoms with Crippen LogP contribution in [0.1, 0.15) is 0 Å². The quantitative estimate of drug-likeness (QED) is 0.164. The van der Waals surface area contributed by atoms with Gasteiger partial charge in [-0.2, -0.15) is 0 Å². The molecule has 0 spiro atoms. The second-order valence-electron chi connectivity index (χ2n) is 13.2. The van der Waals surface area contributed by atoms with Gasteiger partial charge in [0.1, 0.15) is 0 Å². The highest BCUT2D eigenvalue weighted by atomic mass is 32.1. The van der Waals surface area contributed by atoms with E-state index in [2.05, 4.69) is 170 Å². The Bertz CT molecular complexity index is 3100. The van der Waals surface area contributed by atoms with E-state index in [-0.39, 0.29) is 0 Å². The van der Waals surface area contributed by atoms with E-state index in [0.29, 0.717) is 0 Å². The van der Waals surface area contributed by atoms with Crippen LogP contribution in [-0.2, 0) is 0 Å². The van der Waals surface area contributed by atoms with Crippen molar-refractivity contribution in [2.75, 3.05) is 0 Å². The third-order valence-electron chi connectivity index (χ3n) is 10.4. The Balaban J connectivity index is 1.12. The van der Waals surface area contributed by atoms with E-state index >= 15 is 0 Å². The molecule has 0 aliphatic carbocycles. The van der Waals surface area contributed by atoms with Crippen molar-refractivity contribution in [1.82, 2.24) is 0 Å². The first-order chi connectivity index (χ1) is 24.8. The molecule has 9 aromatic carbocycles. The van der Waals surface area contributed by atoms with E-state index in [1.54, 1.807) is 0 Å². The molecule has 0 atom stereocenters. The highest BCUT2D eigenvalue weighted by Gasteiger charge is 2.18. The Kier molecular flexibility index (Phi) is 6.09. The van der Waals surface area contributed by atoms with E-state index in [1.165, 1.54) is 106 Å². The highest BCUT2D eigenvalue weighted by Crippen LogP contribution is 2.47. The summed E-state index contributed by atoms with van der Waals surface area (Å²) in [6.45, 7) is 0. The Morgan fingerprint density at radius 2 is 0.840 bits per heavy atom. The lowest BCUT2D eigenvalue weighted by Crippen LogP contribution is -1.91. The van der Waals surface area contributed by atoms with Crippen molar-refractivity contribution in [3.63, 3.8) is 0 Å². The zero-order chi connectivity index (χ0) is 32.8. The summed E-state index contributed by atoms with van der Waals surface area (Å²) in [7, 11) is 0. The van der Waals surface area contributed by atoms with E-state index in [4.69, 9.17) is 0 Å². The monoisotopic (exact) mass is 668 g/mol. The molecule has 0 saturated heterocycles. The van der Waals surface area contributed by atoms with Crippen LogP contribution < -0.4 is 0 Å². The Hall–Kier alpha value is -5.80. The van der Waals surface area contributed by atoms with Crippen molar-refractivity contribution < 1.29 is 0 Å². The van der Waals surface area contributed by atoms with Crippen LogP contribution in [0, 0.1) is 0 Å². The first-order valence-electron chi connectivity index (χ1n) is 17.1. The molecule has 0 aliphatic heterocycles. The fourth-order valence-electron chi connectivity index (χ4n) is 8.17. The average Bonchev–Trinajstić information content (AvgIpc) is 3.75. The molecule has 0 bridgehead atoms. The summed E-state index contributed by atoms with van der Waals surface area (Å²) in [6, 6.07) is 63.1. The van der Waals surface area contributed by atoms with Crippen LogP contribution in [0.25, 0.3) is 106 Å². The van der Waals surface area contributed by atoms with Gasteiger partial charge in [0, 0.05) is 40.3 Å². The predicted molar refractivity (Wildman–Crippen MR) is 221 cm³/mol. The topological polar surface area (TPSA) is 0 Å². The second kappa shape index (κ2) is 10.9. The standard InChI is InChI=1S/C48H28S2/c1-2-11-30-26-34(21-20-29(30)10-1)46-38-17-5-3-15-36(38)45(37-16-4-6-18-39(37)46)33-13-9-12-31(27-33)32-22-24-43-41(28-32)47-44(49-43)25-23-40-35-14-7-8-19-42(35)50-48(40)47/h1-28H. The molecule has 0 radical (unpaired) electrons. The van der Waals surface area contributed by atoms with Crippen molar-refractivity contribution in [1.29, 1.82) is 0 Å². The summed E-state index contributed by atoms with van der Waals surface area (Å²) in [5, 5.41) is 13.1. The van der Waals surface area contributed by atoms with Crippen molar-refractivity contribution in [2.24, 2.45) is 0 Å². The van der Waals surface area contributed by atoms with Crippen LogP contribution in [0.3, 0.4) is 0 Å². The first-order valence-corrected chi connectivity index (χ1v) is 18.7. The second-order valence-corrected chi connectivity index (χ2v) is 15.3. The first kappa shape index (κ1) is 28.1. The summed E-state index contributed by atoms with van der Waals surface area (Å²) in [5.74, 6) is 0. The molecular formula is C48H28S2. The Labute approximate surface area is 297 Å². The van der Waals surface area contributed by atoms with Crippen LogP contribution >= 0.6 is 22.7 Å². The van der Waals surface area contributed by atoms with Crippen molar-refractivity contribution in [3.05, 3.63) is 170 Å². The minimum Gasteiger partial charge on any atom is -0.135 e. The number of fused-ring (bicyclic) bond motifs is 10. The van der Waals surface area contributed by atoms with Gasteiger partial charge in [-0.15, -0.1) is 22.7 Å². The number of rotatable bonds is 3. The van der Waals surface area contributed by atoms with Gasteiger partial charge in [-0.05, 0) is 102 Å². The zero-order valence-corrected chi connectivity index (χ0v) is 28.6. The number of benzene rings is 9. The number of thiophene rings is 2. The van der Waals surface area contributed by atoms with Crippen LogP contribution in [0.4, 0.5) is 0 Å². The molecule has 0 aliphatic rings. The fraction of sp³-hybridized carbons (Fsp3) is 0. The molecule has 11 rings (SSSR count). The lowest BCUT2D eigenvalue weighted by molar-refractivity contribution is 1.63. The van der Waals surface area contributed by atoms with Crippen LogP contribution in [-0.4, -0.2) is 0 Å². The van der Waals surface area contributed by atoms with Crippen molar-refractivity contribution in [3.8, 4) is 33.4 Å². The highest BCUT2D eigenvalue weighted by molar-refractivity contribution is 7.29. The maximum atomic E-state index is 2.43. The molecule has 11 aromatic rings. The molecule has 2 heterocycles. The van der Waals surface area contributed by atoms with E-state index in [1.807, 2.05) is 22.7 Å². The summed E-state index contributed by atoms with van der Waals surface area (Å²) >= 11 is 3.82. The average molecular weight is 669 g/mol.